The fourth-order valence-corrected chi connectivity index (χ4v) is 6.05. The van der Waals surface area contributed by atoms with Crippen molar-refractivity contribution in [2.24, 2.45) is 0 Å². The minimum Gasteiger partial charge on any atom is -0.467 e. The Labute approximate surface area is 291 Å². The maximum absolute atomic E-state index is 7.79. The maximum Gasteiger partial charge on any atom is 0.0964 e. The molecule has 46 heavy (non-hydrogen) atoms. The predicted molar refractivity (Wildman–Crippen MR) is 208 cm³/mol. The third-order valence-corrected chi connectivity index (χ3v) is 9.10. The van der Waals surface area contributed by atoms with Gasteiger partial charge in [0, 0.05) is 18.4 Å². The first-order chi connectivity index (χ1) is 22.5. The van der Waals surface area contributed by atoms with E-state index in [1.54, 1.807) is 6.92 Å². The molecule has 2 nitrogen and oxygen atoms in total. The lowest BCUT2D eigenvalue weighted by atomic mass is 10.0. The number of nitrogens with zero attached hydrogens (tertiary/aromatic N) is 1. The van der Waals surface area contributed by atoms with E-state index in [9.17, 15) is 0 Å². The number of allylic oxidation sites excluding steroid dienone is 3. The first-order valence-electron chi connectivity index (χ1n) is 20.6. The Morgan fingerprint density at radius 1 is 0.391 bits per heavy atom. The van der Waals surface area contributed by atoms with Crippen molar-refractivity contribution >= 4 is 0 Å². The summed E-state index contributed by atoms with van der Waals surface area (Å²) in [5.41, 5.74) is 0.560. The Balaban J connectivity index is 0. The molecule has 0 spiro atoms. The third kappa shape index (κ3) is 44.6. The molecule has 0 aromatic carbocycles. The Bertz CT molecular complexity index is 641. The molecule has 0 aliphatic rings. The summed E-state index contributed by atoms with van der Waals surface area (Å²) in [5, 5.41) is 7.79. The monoisotopic (exact) mass is 642 g/mol. The molecule has 0 bridgehead atoms. The summed E-state index contributed by atoms with van der Waals surface area (Å²) in [6, 6.07) is 1.83. The summed E-state index contributed by atoms with van der Waals surface area (Å²) in [7, 11) is 0. The van der Waals surface area contributed by atoms with E-state index in [4.69, 9.17) is 10.00 Å². The minimum atomic E-state index is 0.560. The van der Waals surface area contributed by atoms with Crippen molar-refractivity contribution in [3.63, 3.8) is 0 Å². The van der Waals surface area contributed by atoms with E-state index in [0.29, 0.717) is 5.57 Å². The second-order valence-corrected chi connectivity index (χ2v) is 14.2. The SMILES string of the molecule is C=C(C)C#N.C=C(CCCCCCCCCCCCCCCCCC)OC(=C)CCCCCCCCCCCCCCCCCC. The molecule has 0 saturated heterocycles. The molecule has 0 aromatic rings. The van der Waals surface area contributed by atoms with Gasteiger partial charge in [-0.15, -0.1) is 0 Å². The fraction of sp³-hybridized carbons (Fsp3) is 0.841. The van der Waals surface area contributed by atoms with E-state index < -0.39 is 0 Å². The summed E-state index contributed by atoms with van der Waals surface area (Å²) in [6.07, 6.45) is 47.2. The van der Waals surface area contributed by atoms with Gasteiger partial charge in [0.05, 0.1) is 17.6 Å². The van der Waals surface area contributed by atoms with Crippen LogP contribution in [0, 0.1) is 11.3 Å². The molecule has 0 unspecified atom stereocenters. The van der Waals surface area contributed by atoms with Crippen LogP contribution in [0.1, 0.15) is 239 Å². The number of unbranched alkanes of at least 4 members (excludes halogenated alkanes) is 30. The van der Waals surface area contributed by atoms with Crippen LogP contribution in [0.3, 0.4) is 0 Å². The van der Waals surface area contributed by atoms with Gasteiger partial charge in [-0.1, -0.05) is 226 Å². The van der Waals surface area contributed by atoms with Crippen LogP contribution in [-0.4, -0.2) is 0 Å². The number of nitriles is 1. The average molecular weight is 642 g/mol. The van der Waals surface area contributed by atoms with Crippen molar-refractivity contribution in [3.05, 3.63) is 36.8 Å². The molecule has 0 aromatic heterocycles. The average Bonchev–Trinajstić information content (AvgIpc) is 3.04. The van der Waals surface area contributed by atoms with Crippen LogP contribution in [0.15, 0.2) is 36.8 Å². The zero-order valence-corrected chi connectivity index (χ0v) is 32.0. The van der Waals surface area contributed by atoms with Crippen molar-refractivity contribution in [2.75, 3.05) is 0 Å². The van der Waals surface area contributed by atoms with Crippen LogP contribution >= 0.6 is 0 Å². The highest BCUT2D eigenvalue weighted by molar-refractivity contribution is 5.11. The van der Waals surface area contributed by atoms with Gasteiger partial charge in [-0.05, 0) is 19.8 Å². The molecule has 0 aliphatic heterocycles. The lowest BCUT2D eigenvalue weighted by Crippen LogP contribution is -1.93. The molecule has 2 heteroatoms. The molecule has 0 heterocycles. The second kappa shape index (κ2) is 41.5. The highest BCUT2D eigenvalue weighted by Gasteiger charge is 2.02. The highest BCUT2D eigenvalue weighted by Crippen LogP contribution is 2.19. The van der Waals surface area contributed by atoms with Crippen LogP contribution in [0.5, 0.6) is 0 Å². The summed E-state index contributed by atoms with van der Waals surface area (Å²) < 4.78 is 5.91. The maximum atomic E-state index is 7.79. The minimum absolute atomic E-state index is 0.560. The van der Waals surface area contributed by atoms with Crippen LogP contribution in [0.4, 0.5) is 0 Å². The largest absolute Gasteiger partial charge is 0.467 e. The summed E-state index contributed by atoms with van der Waals surface area (Å²) in [5.74, 6) is 1.86. The van der Waals surface area contributed by atoms with Gasteiger partial charge in [-0.2, -0.15) is 5.26 Å². The van der Waals surface area contributed by atoms with Gasteiger partial charge >= 0.3 is 0 Å². The van der Waals surface area contributed by atoms with Gasteiger partial charge < -0.3 is 4.74 Å². The van der Waals surface area contributed by atoms with Crippen molar-refractivity contribution < 1.29 is 4.74 Å². The van der Waals surface area contributed by atoms with Crippen molar-refractivity contribution in [3.8, 4) is 6.07 Å². The molecule has 0 rings (SSSR count). The standard InChI is InChI=1S/C40H78O.C4H5N/c1-5-7-9-11-13-15-17-19-21-23-25-27-29-31-33-35-37-39(3)41-40(4)38-36-34-32-30-28-26-24-22-20-18-16-14-12-10-8-6-2;1-4(2)3-5/h3-38H2,1-2H3;1H2,2H3. The van der Waals surface area contributed by atoms with Gasteiger partial charge in [0.2, 0.25) is 0 Å². The molecule has 0 atom stereocenters. The summed E-state index contributed by atoms with van der Waals surface area (Å²) in [6.45, 7) is 17.9. The van der Waals surface area contributed by atoms with Gasteiger partial charge in [0.25, 0.3) is 0 Å². The number of ether oxygens (including phenoxy) is 1. The first kappa shape index (κ1) is 46.6. The van der Waals surface area contributed by atoms with E-state index >= 15 is 0 Å². The lowest BCUT2D eigenvalue weighted by molar-refractivity contribution is 0.274. The van der Waals surface area contributed by atoms with Crippen LogP contribution in [0.25, 0.3) is 0 Å². The Morgan fingerprint density at radius 2 is 0.565 bits per heavy atom. The number of hydrogen-bond donors (Lipinski definition) is 0. The third-order valence-electron chi connectivity index (χ3n) is 9.10. The number of rotatable bonds is 36. The fourth-order valence-electron chi connectivity index (χ4n) is 6.05. The second-order valence-electron chi connectivity index (χ2n) is 14.2. The number of hydrogen-bond acceptors (Lipinski definition) is 2. The van der Waals surface area contributed by atoms with E-state index in [-0.39, 0.29) is 0 Å². The lowest BCUT2D eigenvalue weighted by Gasteiger charge is -2.11. The summed E-state index contributed by atoms with van der Waals surface area (Å²) in [4.78, 5) is 0. The molecule has 0 fully saturated rings. The van der Waals surface area contributed by atoms with E-state index in [1.165, 1.54) is 205 Å². The Morgan fingerprint density at radius 3 is 0.739 bits per heavy atom. The molecule has 0 saturated carbocycles. The van der Waals surface area contributed by atoms with Crippen molar-refractivity contribution in [2.45, 2.75) is 239 Å². The zero-order chi connectivity index (χ0) is 34.2. The quantitative estimate of drug-likeness (QED) is 0.0387. The zero-order valence-electron chi connectivity index (χ0n) is 32.0. The topological polar surface area (TPSA) is 33.0 Å². The molecule has 0 aliphatic carbocycles. The first-order valence-corrected chi connectivity index (χ1v) is 20.6. The van der Waals surface area contributed by atoms with Crippen LogP contribution < -0.4 is 0 Å². The molecule has 0 radical (unpaired) electrons. The van der Waals surface area contributed by atoms with Gasteiger partial charge in [-0.3, -0.25) is 0 Å². The van der Waals surface area contributed by atoms with Gasteiger partial charge in [-0.25, -0.2) is 0 Å². The smallest absolute Gasteiger partial charge is 0.0964 e. The molecular formula is C44H83NO. The Hall–Kier alpha value is -1.49. The van der Waals surface area contributed by atoms with Crippen LogP contribution in [0.2, 0.25) is 0 Å². The normalized spacial score (nSPS) is 10.7. The molecule has 0 amide bonds. The van der Waals surface area contributed by atoms with E-state index in [1.807, 2.05) is 6.07 Å². The van der Waals surface area contributed by atoms with Gasteiger partial charge in [0.15, 0.2) is 0 Å². The highest BCUT2D eigenvalue weighted by atomic mass is 16.5. The van der Waals surface area contributed by atoms with E-state index in [2.05, 4.69) is 33.6 Å². The summed E-state index contributed by atoms with van der Waals surface area (Å²) >= 11 is 0. The van der Waals surface area contributed by atoms with Crippen molar-refractivity contribution in [1.29, 1.82) is 5.26 Å². The van der Waals surface area contributed by atoms with Gasteiger partial charge in [0.1, 0.15) is 0 Å². The molecule has 270 valence electrons. The van der Waals surface area contributed by atoms with E-state index in [0.717, 1.165) is 24.4 Å². The van der Waals surface area contributed by atoms with Crippen LogP contribution in [-0.2, 0) is 4.74 Å². The molecule has 0 N–H and O–H groups in total. The Kier molecular flexibility index (Phi) is 42.1. The van der Waals surface area contributed by atoms with Crippen molar-refractivity contribution in [1.82, 2.24) is 0 Å². The predicted octanol–water partition coefficient (Wildman–Crippen LogP) is 16.4. The molecular weight excluding hydrogens is 558 g/mol.